The third kappa shape index (κ3) is 2.58. The van der Waals surface area contributed by atoms with Gasteiger partial charge in [0, 0.05) is 12.5 Å². The maximum absolute atomic E-state index is 11.6. The lowest BCUT2D eigenvalue weighted by molar-refractivity contribution is -0.123. The summed E-state index contributed by atoms with van der Waals surface area (Å²) in [4.78, 5) is 11.6. The second kappa shape index (κ2) is 4.60. The number of allylic oxidation sites excluding steroid dienone is 1. The molecule has 0 aromatic heterocycles. The van der Waals surface area contributed by atoms with E-state index in [1.165, 1.54) is 0 Å². The number of hydrogen-bond donors (Lipinski definition) is 2. The van der Waals surface area contributed by atoms with Crippen molar-refractivity contribution in [3.05, 3.63) is 12.2 Å². The van der Waals surface area contributed by atoms with Crippen LogP contribution >= 0.6 is 0 Å². The molecule has 1 fully saturated rings. The minimum Gasteiger partial charge on any atom is -0.353 e. The first kappa shape index (κ1) is 9.71. The van der Waals surface area contributed by atoms with Gasteiger partial charge in [-0.3, -0.25) is 4.79 Å². The van der Waals surface area contributed by atoms with Crippen molar-refractivity contribution in [3.63, 3.8) is 0 Å². The molecule has 3 nitrogen and oxygen atoms in total. The molecule has 2 rings (SSSR count). The summed E-state index contributed by atoms with van der Waals surface area (Å²) < 4.78 is 0. The minimum atomic E-state index is 0.233. The number of carbonyl (C=O) groups excluding carboxylic acids is 1. The maximum atomic E-state index is 11.6. The Morgan fingerprint density at radius 2 is 2.29 bits per heavy atom. The first-order valence-corrected chi connectivity index (χ1v) is 5.49. The summed E-state index contributed by atoms with van der Waals surface area (Å²) in [5.41, 5.74) is 0. The van der Waals surface area contributed by atoms with Gasteiger partial charge in [-0.25, -0.2) is 0 Å². The average Bonchev–Trinajstić information content (AvgIpc) is 2.13. The van der Waals surface area contributed by atoms with Gasteiger partial charge in [0.15, 0.2) is 0 Å². The van der Waals surface area contributed by atoms with E-state index in [-0.39, 0.29) is 5.91 Å². The molecule has 1 aliphatic carbocycles. The van der Waals surface area contributed by atoms with E-state index < -0.39 is 0 Å². The van der Waals surface area contributed by atoms with Crippen LogP contribution in [-0.4, -0.2) is 25.0 Å². The van der Waals surface area contributed by atoms with Crippen LogP contribution in [0.15, 0.2) is 12.2 Å². The molecule has 14 heavy (non-hydrogen) atoms. The van der Waals surface area contributed by atoms with Crippen molar-refractivity contribution < 1.29 is 4.79 Å². The quantitative estimate of drug-likeness (QED) is 0.653. The van der Waals surface area contributed by atoms with E-state index in [1.54, 1.807) is 0 Å². The van der Waals surface area contributed by atoms with Crippen LogP contribution in [0.5, 0.6) is 0 Å². The monoisotopic (exact) mass is 194 g/mol. The number of rotatable bonds is 3. The van der Waals surface area contributed by atoms with E-state index >= 15 is 0 Å². The first-order chi connectivity index (χ1) is 6.84. The molecule has 0 aromatic carbocycles. The van der Waals surface area contributed by atoms with Gasteiger partial charge in [-0.1, -0.05) is 12.2 Å². The fourth-order valence-electron chi connectivity index (χ4n) is 1.97. The highest BCUT2D eigenvalue weighted by atomic mass is 16.1. The van der Waals surface area contributed by atoms with Gasteiger partial charge in [0.05, 0.1) is 0 Å². The molecule has 1 saturated heterocycles. The predicted molar refractivity (Wildman–Crippen MR) is 55.9 cm³/mol. The Morgan fingerprint density at radius 3 is 2.86 bits per heavy atom. The van der Waals surface area contributed by atoms with Crippen molar-refractivity contribution in [2.45, 2.75) is 31.7 Å². The summed E-state index contributed by atoms with van der Waals surface area (Å²) in [5.74, 6) is 0.811. The third-order valence-electron chi connectivity index (χ3n) is 2.97. The Bertz CT molecular complexity index is 233. The Balaban J connectivity index is 1.67. The van der Waals surface area contributed by atoms with Crippen molar-refractivity contribution in [2.24, 2.45) is 5.92 Å². The maximum Gasteiger partial charge on any atom is 0.220 e. The van der Waals surface area contributed by atoms with Crippen LogP contribution in [-0.2, 0) is 4.79 Å². The van der Waals surface area contributed by atoms with Crippen LogP contribution in [0.3, 0.4) is 0 Å². The topological polar surface area (TPSA) is 41.1 Å². The van der Waals surface area contributed by atoms with E-state index in [1.807, 2.05) is 0 Å². The molecule has 2 aliphatic rings. The van der Waals surface area contributed by atoms with Gasteiger partial charge in [0.2, 0.25) is 5.91 Å². The van der Waals surface area contributed by atoms with Gasteiger partial charge in [-0.15, -0.1) is 0 Å². The minimum absolute atomic E-state index is 0.233. The van der Waals surface area contributed by atoms with Crippen molar-refractivity contribution >= 4 is 5.91 Å². The zero-order valence-electron chi connectivity index (χ0n) is 8.46. The van der Waals surface area contributed by atoms with Crippen molar-refractivity contribution in [2.75, 3.05) is 13.1 Å². The Hall–Kier alpha value is -0.830. The van der Waals surface area contributed by atoms with Gasteiger partial charge in [-0.2, -0.15) is 0 Å². The summed E-state index contributed by atoms with van der Waals surface area (Å²) in [6.07, 6.45) is 8.28. The molecule has 2 N–H and O–H groups in total. The largest absolute Gasteiger partial charge is 0.353 e. The van der Waals surface area contributed by atoms with E-state index in [0.717, 1.165) is 32.4 Å². The molecule has 1 atom stereocenters. The van der Waals surface area contributed by atoms with Gasteiger partial charge < -0.3 is 10.6 Å². The first-order valence-electron chi connectivity index (χ1n) is 5.49. The van der Waals surface area contributed by atoms with Crippen molar-refractivity contribution in [1.82, 2.24) is 10.6 Å². The molecule has 0 radical (unpaired) electrons. The smallest absolute Gasteiger partial charge is 0.220 e. The molecular weight excluding hydrogens is 176 g/mol. The number of hydrogen-bond acceptors (Lipinski definition) is 2. The van der Waals surface area contributed by atoms with Crippen molar-refractivity contribution in [3.8, 4) is 0 Å². The van der Waals surface area contributed by atoms with E-state index in [0.29, 0.717) is 18.4 Å². The number of carbonyl (C=O) groups is 1. The normalized spacial score (nSPS) is 27.0. The molecule has 0 saturated carbocycles. The van der Waals surface area contributed by atoms with Crippen LogP contribution in [0.4, 0.5) is 0 Å². The fourth-order valence-corrected chi connectivity index (χ4v) is 1.97. The zero-order valence-corrected chi connectivity index (χ0v) is 8.46. The summed E-state index contributed by atoms with van der Waals surface area (Å²) in [6.45, 7) is 2.02. The Kier molecular flexibility index (Phi) is 3.19. The highest BCUT2D eigenvalue weighted by molar-refractivity contribution is 5.76. The lowest BCUT2D eigenvalue weighted by atomic mass is 9.97. The van der Waals surface area contributed by atoms with E-state index in [4.69, 9.17) is 0 Å². The van der Waals surface area contributed by atoms with Gasteiger partial charge >= 0.3 is 0 Å². The second-order valence-electron chi connectivity index (χ2n) is 4.28. The highest BCUT2D eigenvalue weighted by Crippen LogP contribution is 2.12. The number of nitrogens with one attached hydrogen (secondary N) is 2. The van der Waals surface area contributed by atoms with Crippen LogP contribution in [0.1, 0.15) is 25.7 Å². The lowest BCUT2D eigenvalue weighted by Gasteiger charge is -2.27. The summed E-state index contributed by atoms with van der Waals surface area (Å²) >= 11 is 0. The molecule has 0 bridgehead atoms. The third-order valence-corrected chi connectivity index (χ3v) is 2.97. The summed E-state index contributed by atoms with van der Waals surface area (Å²) in [6, 6.07) is 0.389. The molecule has 78 valence electrons. The van der Waals surface area contributed by atoms with Crippen LogP contribution in [0, 0.1) is 5.92 Å². The van der Waals surface area contributed by atoms with Crippen LogP contribution < -0.4 is 10.6 Å². The molecule has 1 heterocycles. The predicted octanol–water partition coefficient (Wildman–Crippen LogP) is 0.821. The van der Waals surface area contributed by atoms with E-state index in [2.05, 4.69) is 22.8 Å². The summed E-state index contributed by atoms with van der Waals surface area (Å²) in [7, 11) is 0. The molecule has 3 heteroatoms. The Morgan fingerprint density at radius 1 is 1.43 bits per heavy atom. The highest BCUT2D eigenvalue weighted by Gasteiger charge is 2.21. The SMILES string of the molecule is O=C(CC1CNC1)NC1CC=CCC1. The molecule has 1 unspecified atom stereocenters. The van der Waals surface area contributed by atoms with Gasteiger partial charge in [0.1, 0.15) is 0 Å². The molecule has 1 aliphatic heterocycles. The van der Waals surface area contributed by atoms with E-state index in [9.17, 15) is 4.79 Å². The number of amides is 1. The molecule has 0 aromatic rings. The second-order valence-corrected chi connectivity index (χ2v) is 4.28. The van der Waals surface area contributed by atoms with Gasteiger partial charge in [-0.05, 0) is 38.3 Å². The van der Waals surface area contributed by atoms with Gasteiger partial charge in [0.25, 0.3) is 0 Å². The fraction of sp³-hybridized carbons (Fsp3) is 0.727. The van der Waals surface area contributed by atoms with Crippen LogP contribution in [0.25, 0.3) is 0 Å². The Labute approximate surface area is 84.9 Å². The van der Waals surface area contributed by atoms with Crippen LogP contribution in [0.2, 0.25) is 0 Å². The molecule has 0 spiro atoms. The average molecular weight is 194 g/mol. The molecular formula is C11H18N2O. The molecule has 1 amide bonds. The zero-order chi connectivity index (χ0) is 9.80. The summed E-state index contributed by atoms with van der Waals surface area (Å²) in [5, 5.41) is 6.28. The lowest BCUT2D eigenvalue weighted by Crippen LogP contribution is -2.46. The standard InChI is InChI=1S/C11H18N2O/c14-11(6-9-7-12-8-9)13-10-4-2-1-3-5-10/h1-2,9-10,12H,3-8H2,(H,13,14). The van der Waals surface area contributed by atoms with Crippen molar-refractivity contribution in [1.29, 1.82) is 0 Å².